The van der Waals surface area contributed by atoms with Crippen molar-refractivity contribution in [1.82, 2.24) is 14.5 Å². The van der Waals surface area contributed by atoms with Crippen LogP contribution in [0.15, 0.2) is 63.1 Å². The van der Waals surface area contributed by atoms with Gasteiger partial charge >= 0.3 is 0 Å². The molecule has 1 saturated heterocycles. The summed E-state index contributed by atoms with van der Waals surface area (Å²) >= 11 is 7.30. The summed E-state index contributed by atoms with van der Waals surface area (Å²) in [6.07, 6.45) is 0. The highest BCUT2D eigenvalue weighted by Crippen LogP contribution is 2.28. The third-order valence-electron chi connectivity index (χ3n) is 4.37. The molecule has 3 aromatic rings. The summed E-state index contributed by atoms with van der Waals surface area (Å²) in [4.78, 5) is 0.200. The molecule has 1 fully saturated rings. The van der Waals surface area contributed by atoms with Crippen LogP contribution in [0, 0.1) is 0 Å². The third-order valence-corrected chi connectivity index (χ3v) is 7.41. The summed E-state index contributed by atoms with van der Waals surface area (Å²) in [7, 11) is -3.59. The van der Waals surface area contributed by atoms with E-state index in [1.165, 1.54) is 16.1 Å². The topological polar surface area (TPSA) is 85.5 Å². The first-order valence-corrected chi connectivity index (χ1v) is 11.7. The average Bonchev–Trinajstić information content (AvgIpc) is 3.23. The zero-order valence-electron chi connectivity index (χ0n) is 15.3. The molecule has 0 amide bonds. The number of aromatic nitrogens is 2. The van der Waals surface area contributed by atoms with Crippen molar-refractivity contribution in [3.8, 4) is 11.5 Å². The highest BCUT2D eigenvalue weighted by molar-refractivity contribution is 7.98. The fourth-order valence-electron chi connectivity index (χ4n) is 2.84. The number of ether oxygens (including phenoxy) is 1. The van der Waals surface area contributed by atoms with E-state index < -0.39 is 10.0 Å². The van der Waals surface area contributed by atoms with Gasteiger partial charge in [0.1, 0.15) is 0 Å². The number of rotatable bonds is 6. The van der Waals surface area contributed by atoms with Crippen LogP contribution in [0.3, 0.4) is 0 Å². The van der Waals surface area contributed by atoms with E-state index in [2.05, 4.69) is 10.2 Å². The van der Waals surface area contributed by atoms with E-state index in [1.54, 1.807) is 24.3 Å². The van der Waals surface area contributed by atoms with Crippen molar-refractivity contribution in [3.05, 3.63) is 59.1 Å². The fourth-order valence-corrected chi connectivity index (χ4v) is 5.14. The summed E-state index contributed by atoms with van der Waals surface area (Å²) < 4.78 is 38.1. The quantitative estimate of drug-likeness (QED) is 0.528. The zero-order chi connectivity index (χ0) is 20.3. The van der Waals surface area contributed by atoms with Crippen LogP contribution in [0.2, 0.25) is 5.02 Å². The van der Waals surface area contributed by atoms with Gasteiger partial charge in [-0.25, -0.2) is 8.42 Å². The van der Waals surface area contributed by atoms with Gasteiger partial charge in [-0.15, -0.1) is 10.2 Å². The summed E-state index contributed by atoms with van der Waals surface area (Å²) in [5, 5.41) is 9.21. The van der Waals surface area contributed by atoms with E-state index in [1.807, 2.05) is 24.3 Å². The highest BCUT2D eigenvalue weighted by atomic mass is 35.5. The number of benzene rings is 2. The van der Waals surface area contributed by atoms with E-state index in [-0.39, 0.29) is 10.8 Å². The Balaban J connectivity index is 1.49. The maximum absolute atomic E-state index is 12.8. The molecule has 0 bridgehead atoms. The molecule has 0 saturated carbocycles. The smallest absolute Gasteiger partial charge is 0.277 e. The Bertz CT molecular complexity index is 1080. The van der Waals surface area contributed by atoms with Crippen molar-refractivity contribution in [3.63, 3.8) is 0 Å². The van der Waals surface area contributed by atoms with E-state index in [9.17, 15) is 8.42 Å². The van der Waals surface area contributed by atoms with Gasteiger partial charge in [-0.1, -0.05) is 41.6 Å². The van der Waals surface area contributed by atoms with Crippen molar-refractivity contribution in [1.29, 1.82) is 0 Å². The Morgan fingerprint density at radius 2 is 1.83 bits per heavy atom. The van der Waals surface area contributed by atoms with Gasteiger partial charge in [-0.2, -0.15) is 4.31 Å². The molecule has 0 aliphatic carbocycles. The van der Waals surface area contributed by atoms with Gasteiger partial charge in [0.05, 0.1) is 18.1 Å². The minimum absolute atomic E-state index is 0.200. The van der Waals surface area contributed by atoms with Crippen molar-refractivity contribution >= 4 is 33.4 Å². The number of hydrogen-bond acceptors (Lipinski definition) is 7. The van der Waals surface area contributed by atoms with Gasteiger partial charge in [0.2, 0.25) is 15.9 Å². The summed E-state index contributed by atoms with van der Waals surface area (Å²) in [6.45, 7) is 1.49. The van der Waals surface area contributed by atoms with E-state index in [0.717, 1.165) is 5.56 Å². The maximum Gasteiger partial charge on any atom is 0.277 e. The summed E-state index contributed by atoms with van der Waals surface area (Å²) in [6, 6.07) is 14.1. The lowest BCUT2D eigenvalue weighted by atomic mass is 10.2. The number of hydrogen-bond donors (Lipinski definition) is 0. The minimum atomic E-state index is -3.59. The second-order valence-electron chi connectivity index (χ2n) is 6.33. The monoisotopic (exact) mass is 451 g/mol. The van der Waals surface area contributed by atoms with Gasteiger partial charge in [0.15, 0.2) is 0 Å². The first-order valence-electron chi connectivity index (χ1n) is 8.91. The third kappa shape index (κ3) is 4.81. The van der Waals surface area contributed by atoms with Crippen LogP contribution in [-0.2, 0) is 20.5 Å². The summed E-state index contributed by atoms with van der Waals surface area (Å²) in [5.74, 6) is 0.937. The van der Waals surface area contributed by atoms with Crippen LogP contribution in [0.5, 0.6) is 0 Å². The van der Waals surface area contributed by atoms with Crippen molar-refractivity contribution in [2.45, 2.75) is 15.9 Å². The second-order valence-corrected chi connectivity index (χ2v) is 9.63. The minimum Gasteiger partial charge on any atom is -0.411 e. The van der Waals surface area contributed by atoms with E-state index >= 15 is 0 Å². The number of morpholine rings is 1. The van der Waals surface area contributed by atoms with Crippen LogP contribution in [-0.4, -0.2) is 49.2 Å². The average molecular weight is 452 g/mol. The Morgan fingerprint density at radius 1 is 1.07 bits per heavy atom. The second kappa shape index (κ2) is 8.85. The Hall–Kier alpha value is -1.91. The predicted molar refractivity (Wildman–Crippen MR) is 110 cm³/mol. The van der Waals surface area contributed by atoms with Crippen LogP contribution in [0.1, 0.15) is 5.56 Å². The first-order chi connectivity index (χ1) is 14.0. The fraction of sp³-hybridized carbons (Fsp3) is 0.263. The standard InChI is InChI=1S/C19H18ClN3O4S2/c20-16-6-4-14(5-7-16)13-28-19-22-21-18(27-19)15-2-1-3-17(12-15)29(24,25)23-8-10-26-11-9-23/h1-7,12H,8-11,13H2. The lowest BCUT2D eigenvalue weighted by Crippen LogP contribution is -2.40. The molecule has 1 aliphatic heterocycles. The van der Waals surface area contributed by atoms with Crippen LogP contribution in [0.4, 0.5) is 0 Å². The van der Waals surface area contributed by atoms with Crippen molar-refractivity contribution < 1.29 is 17.6 Å². The molecule has 152 valence electrons. The molecule has 4 rings (SSSR count). The van der Waals surface area contributed by atoms with E-state index in [0.29, 0.717) is 47.9 Å². The SMILES string of the molecule is O=S(=O)(c1cccc(-c2nnc(SCc3ccc(Cl)cc3)o2)c1)N1CCOCC1. The number of sulfonamides is 1. The predicted octanol–water partition coefficient (Wildman–Crippen LogP) is 3.70. The molecular weight excluding hydrogens is 434 g/mol. The molecule has 0 atom stereocenters. The van der Waals surface area contributed by atoms with Crippen LogP contribution >= 0.6 is 23.4 Å². The van der Waals surface area contributed by atoms with Crippen molar-refractivity contribution in [2.75, 3.05) is 26.3 Å². The molecule has 0 N–H and O–H groups in total. The van der Waals surface area contributed by atoms with Gasteiger partial charge < -0.3 is 9.15 Å². The van der Waals surface area contributed by atoms with Crippen LogP contribution < -0.4 is 0 Å². The summed E-state index contributed by atoms with van der Waals surface area (Å²) in [5.41, 5.74) is 1.64. The lowest BCUT2D eigenvalue weighted by molar-refractivity contribution is 0.0730. The molecule has 1 aromatic heterocycles. The Kier molecular flexibility index (Phi) is 6.21. The molecule has 0 radical (unpaired) electrons. The maximum atomic E-state index is 12.8. The van der Waals surface area contributed by atoms with Crippen molar-refractivity contribution in [2.24, 2.45) is 0 Å². The molecule has 2 aromatic carbocycles. The molecule has 0 unspecified atom stereocenters. The lowest BCUT2D eigenvalue weighted by Gasteiger charge is -2.26. The largest absolute Gasteiger partial charge is 0.411 e. The number of thioether (sulfide) groups is 1. The molecule has 29 heavy (non-hydrogen) atoms. The molecule has 2 heterocycles. The van der Waals surface area contributed by atoms with Gasteiger partial charge in [0, 0.05) is 29.4 Å². The van der Waals surface area contributed by atoms with Gasteiger partial charge in [-0.05, 0) is 35.9 Å². The molecule has 10 heteroatoms. The zero-order valence-corrected chi connectivity index (χ0v) is 17.7. The van der Waals surface area contributed by atoms with Gasteiger partial charge in [-0.3, -0.25) is 0 Å². The van der Waals surface area contributed by atoms with Gasteiger partial charge in [0.25, 0.3) is 5.22 Å². The first kappa shape index (κ1) is 20.4. The Morgan fingerprint density at radius 3 is 2.59 bits per heavy atom. The normalized spacial score (nSPS) is 15.5. The molecule has 1 aliphatic rings. The number of halogens is 1. The van der Waals surface area contributed by atoms with Crippen LogP contribution in [0.25, 0.3) is 11.5 Å². The Labute approximate surface area is 178 Å². The highest BCUT2D eigenvalue weighted by Gasteiger charge is 2.26. The molecular formula is C19H18ClN3O4S2. The molecule has 0 spiro atoms. The number of nitrogens with zero attached hydrogens (tertiary/aromatic N) is 3. The van der Waals surface area contributed by atoms with E-state index in [4.69, 9.17) is 20.8 Å². The molecule has 7 nitrogen and oxygen atoms in total.